The van der Waals surface area contributed by atoms with Crippen molar-refractivity contribution in [2.45, 2.75) is 55.8 Å². The summed E-state index contributed by atoms with van der Waals surface area (Å²) in [7, 11) is 0. The lowest BCUT2D eigenvalue weighted by Gasteiger charge is -2.30. The average Bonchev–Trinajstić information content (AvgIpc) is 3.65. The van der Waals surface area contributed by atoms with E-state index >= 15 is 0 Å². The molecule has 2 aliphatic rings. The summed E-state index contributed by atoms with van der Waals surface area (Å²) < 4.78 is 0. The van der Waals surface area contributed by atoms with Crippen LogP contribution in [0.15, 0.2) is 66.9 Å². The minimum absolute atomic E-state index is 0.00727. The van der Waals surface area contributed by atoms with Crippen LogP contribution >= 0.6 is 0 Å². The monoisotopic (exact) mass is 544 g/mol. The van der Waals surface area contributed by atoms with Crippen LogP contribution in [-0.4, -0.2) is 76.1 Å². The highest BCUT2D eigenvalue weighted by atomic mass is 16.3. The number of para-hydroxylation sites is 1. The Hall–Kier alpha value is -3.86. The number of aliphatic hydroxyl groups excluding tert-OH is 1. The predicted octanol–water partition coefficient (Wildman–Crippen LogP) is 1.33. The summed E-state index contributed by atoms with van der Waals surface area (Å²) >= 11 is 0. The summed E-state index contributed by atoms with van der Waals surface area (Å²) in [6.45, 7) is 0.815. The average molecular weight is 545 g/mol. The number of pyridine rings is 1. The van der Waals surface area contributed by atoms with Gasteiger partial charge in [-0.05, 0) is 49.9 Å². The van der Waals surface area contributed by atoms with E-state index in [0.29, 0.717) is 18.5 Å². The van der Waals surface area contributed by atoms with E-state index in [4.69, 9.17) is 5.73 Å². The zero-order chi connectivity index (χ0) is 28.1. The van der Waals surface area contributed by atoms with Crippen LogP contribution in [0.3, 0.4) is 0 Å². The number of carbonyl (C=O) groups is 3. The molecule has 3 heterocycles. The number of rotatable bonds is 9. The molecule has 3 aromatic rings. The molecule has 2 aromatic carbocycles. The van der Waals surface area contributed by atoms with Gasteiger partial charge >= 0.3 is 0 Å². The number of fused-ring (bicyclic) bond motifs is 1. The molecule has 5 rings (SSSR count). The number of likely N-dealkylation sites (tertiary alicyclic amines) is 1. The molecule has 1 aromatic heterocycles. The van der Waals surface area contributed by atoms with Crippen molar-refractivity contribution in [2.75, 3.05) is 25.0 Å². The highest BCUT2D eigenvalue weighted by molar-refractivity contribution is 5.99. The van der Waals surface area contributed by atoms with Gasteiger partial charge in [0.05, 0.1) is 29.0 Å². The maximum atomic E-state index is 13.6. The molecule has 4 atom stereocenters. The first kappa shape index (κ1) is 27.7. The Morgan fingerprint density at radius 2 is 1.93 bits per heavy atom. The van der Waals surface area contributed by atoms with E-state index in [1.165, 1.54) is 4.90 Å². The Labute approximate surface area is 233 Å². The molecule has 0 spiro atoms. The van der Waals surface area contributed by atoms with Crippen molar-refractivity contribution in [3.05, 3.63) is 72.4 Å². The largest absolute Gasteiger partial charge is 0.383 e. The van der Waals surface area contributed by atoms with Crippen LogP contribution in [0.2, 0.25) is 0 Å². The first-order chi connectivity index (χ1) is 19.4. The van der Waals surface area contributed by atoms with Gasteiger partial charge in [-0.2, -0.15) is 0 Å². The third kappa shape index (κ3) is 6.14. The molecule has 0 bridgehead atoms. The van der Waals surface area contributed by atoms with Gasteiger partial charge in [-0.15, -0.1) is 0 Å². The van der Waals surface area contributed by atoms with Crippen molar-refractivity contribution in [1.29, 1.82) is 0 Å². The number of nitrogens with one attached hydrogen (secondary N) is 3. The van der Waals surface area contributed by atoms with Gasteiger partial charge in [0.15, 0.2) is 0 Å². The third-order valence-corrected chi connectivity index (χ3v) is 7.87. The number of hydrogen-bond acceptors (Lipinski definition) is 7. The first-order valence-corrected chi connectivity index (χ1v) is 13.8. The highest BCUT2D eigenvalue weighted by Gasteiger charge is 2.50. The van der Waals surface area contributed by atoms with Crippen LogP contribution < -0.4 is 21.7 Å². The van der Waals surface area contributed by atoms with E-state index in [-0.39, 0.29) is 37.7 Å². The molecule has 10 nitrogen and oxygen atoms in total. The molecule has 2 saturated heterocycles. The predicted molar refractivity (Wildman–Crippen MR) is 152 cm³/mol. The SMILES string of the molecule is NC[C@@]1(NC(=O)[C@H](O)CCc2ccccc2)C[C@@H](C(=O)Nc2cnc3ccccc3c2)N(C(=O)[C@@H]2CCCN2)C1. The van der Waals surface area contributed by atoms with E-state index < -0.39 is 29.6 Å². The Morgan fingerprint density at radius 3 is 2.67 bits per heavy atom. The van der Waals surface area contributed by atoms with Gasteiger partial charge in [0.2, 0.25) is 17.7 Å². The second kappa shape index (κ2) is 12.1. The van der Waals surface area contributed by atoms with Gasteiger partial charge in [-0.25, -0.2) is 0 Å². The molecular formula is C30H36N6O4. The molecule has 6 N–H and O–H groups in total. The van der Waals surface area contributed by atoms with Gasteiger partial charge in [0, 0.05) is 24.9 Å². The molecule has 0 unspecified atom stereocenters. The number of aromatic nitrogens is 1. The molecule has 2 fully saturated rings. The van der Waals surface area contributed by atoms with Crippen molar-refractivity contribution in [3.63, 3.8) is 0 Å². The maximum absolute atomic E-state index is 13.6. The Morgan fingerprint density at radius 1 is 1.15 bits per heavy atom. The summed E-state index contributed by atoms with van der Waals surface area (Å²) in [5.41, 5.74) is 7.47. The third-order valence-electron chi connectivity index (χ3n) is 7.87. The quantitative estimate of drug-likeness (QED) is 0.273. The number of hydrogen-bond donors (Lipinski definition) is 5. The number of benzene rings is 2. The van der Waals surface area contributed by atoms with E-state index in [1.54, 1.807) is 6.20 Å². The van der Waals surface area contributed by atoms with Crippen molar-refractivity contribution in [3.8, 4) is 0 Å². The summed E-state index contributed by atoms with van der Waals surface area (Å²) in [5, 5.41) is 20.5. The molecule has 0 aliphatic carbocycles. The minimum atomic E-state index is -1.25. The summed E-state index contributed by atoms with van der Waals surface area (Å²) in [5.74, 6) is -1.13. The van der Waals surface area contributed by atoms with Crippen LogP contribution in [0.5, 0.6) is 0 Å². The van der Waals surface area contributed by atoms with Crippen molar-refractivity contribution in [2.24, 2.45) is 5.73 Å². The van der Waals surface area contributed by atoms with Gasteiger partial charge in [-0.1, -0.05) is 48.5 Å². The van der Waals surface area contributed by atoms with E-state index in [9.17, 15) is 19.5 Å². The lowest BCUT2D eigenvalue weighted by molar-refractivity contribution is -0.138. The fraction of sp³-hybridized carbons (Fsp3) is 0.400. The summed E-state index contributed by atoms with van der Waals surface area (Å²) in [6.07, 6.45) is 2.79. The Bertz CT molecular complexity index is 1360. The number of amides is 3. The second-order valence-electron chi connectivity index (χ2n) is 10.8. The van der Waals surface area contributed by atoms with E-state index in [2.05, 4.69) is 20.9 Å². The van der Waals surface area contributed by atoms with Gasteiger partial charge in [0.1, 0.15) is 12.1 Å². The minimum Gasteiger partial charge on any atom is -0.383 e. The molecule has 40 heavy (non-hydrogen) atoms. The lowest BCUT2D eigenvalue weighted by Crippen LogP contribution is -2.58. The van der Waals surface area contributed by atoms with E-state index in [0.717, 1.165) is 29.4 Å². The molecule has 210 valence electrons. The van der Waals surface area contributed by atoms with E-state index in [1.807, 2.05) is 60.7 Å². The smallest absolute Gasteiger partial charge is 0.249 e. The van der Waals surface area contributed by atoms with Gasteiger partial charge in [-0.3, -0.25) is 19.4 Å². The Balaban J connectivity index is 1.32. The number of aryl methyl sites for hydroxylation is 1. The zero-order valence-corrected chi connectivity index (χ0v) is 22.4. The van der Waals surface area contributed by atoms with Crippen LogP contribution in [-0.2, 0) is 20.8 Å². The molecule has 10 heteroatoms. The fourth-order valence-electron chi connectivity index (χ4n) is 5.62. The zero-order valence-electron chi connectivity index (χ0n) is 22.4. The summed E-state index contributed by atoms with van der Waals surface area (Å²) in [6, 6.07) is 17.8. The highest BCUT2D eigenvalue weighted by Crippen LogP contribution is 2.30. The molecule has 0 saturated carbocycles. The summed E-state index contributed by atoms with van der Waals surface area (Å²) in [4.78, 5) is 46.2. The molecule has 3 amide bonds. The standard InChI is InChI=1S/C30H36N6O4/c31-18-30(35-28(39)26(37)13-12-20-7-2-1-3-8-20)16-25(36(19-30)29(40)24-11-6-14-32-24)27(38)34-22-15-21-9-4-5-10-23(21)33-17-22/h1-5,7-10,15,17,24-26,32,37H,6,11-14,16,18-19,31H2,(H,34,38)(H,35,39)/t24-,25-,26+,30-/m0/s1. The normalized spacial score (nSPS) is 23.2. The Kier molecular flexibility index (Phi) is 8.39. The number of anilines is 1. The lowest BCUT2D eigenvalue weighted by atomic mass is 9.94. The first-order valence-electron chi connectivity index (χ1n) is 13.8. The molecular weight excluding hydrogens is 508 g/mol. The fourth-order valence-corrected chi connectivity index (χ4v) is 5.62. The van der Waals surface area contributed by atoms with Crippen LogP contribution in [0, 0.1) is 0 Å². The maximum Gasteiger partial charge on any atom is 0.249 e. The number of nitrogens with zero attached hydrogens (tertiary/aromatic N) is 2. The topological polar surface area (TPSA) is 150 Å². The van der Waals surface area contributed by atoms with Crippen molar-refractivity contribution >= 4 is 34.3 Å². The number of aliphatic hydroxyl groups is 1. The van der Waals surface area contributed by atoms with Crippen LogP contribution in [0.25, 0.3) is 10.9 Å². The van der Waals surface area contributed by atoms with Crippen LogP contribution in [0.1, 0.15) is 31.2 Å². The molecule has 0 radical (unpaired) electrons. The number of carbonyl (C=O) groups excluding carboxylic acids is 3. The molecule has 2 aliphatic heterocycles. The van der Waals surface area contributed by atoms with Gasteiger partial charge in [0.25, 0.3) is 0 Å². The van der Waals surface area contributed by atoms with Crippen molar-refractivity contribution in [1.82, 2.24) is 20.5 Å². The second-order valence-corrected chi connectivity index (χ2v) is 10.8. The van der Waals surface area contributed by atoms with Crippen molar-refractivity contribution < 1.29 is 19.5 Å². The van der Waals surface area contributed by atoms with Crippen LogP contribution in [0.4, 0.5) is 5.69 Å². The van der Waals surface area contributed by atoms with Gasteiger partial charge < -0.3 is 31.7 Å². The number of nitrogens with two attached hydrogens (primary N) is 1.